The lowest BCUT2D eigenvalue weighted by atomic mass is 10.1. The van der Waals surface area contributed by atoms with Crippen molar-refractivity contribution in [3.05, 3.63) is 81.9 Å². The highest BCUT2D eigenvalue weighted by Gasteiger charge is 2.31. The van der Waals surface area contributed by atoms with Crippen molar-refractivity contribution in [3.8, 4) is 5.69 Å². The first-order valence-electron chi connectivity index (χ1n) is 8.19. The zero-order valence-electron chi connectivity index (χ0n) is 14.3. The van der Waals surface area contributed by atoms with Crippen LogP contribution in [0.3, 0.4) is 0 Å². The van der Waals surface area contributed by atoms with Crippen molar-refractivity contribution in [2.75, 3.05) is 11.1 Å². The highest BCUT2D eigenvalue weighted by atomic mass is 16.2. The molecule has 3 aromatic rings. The number of imide groups is 1. The van der Waals surface area contributed by atoms with Crippen molar-refractivity contribution < 1.29 is 14.4 Å². The lowest BCUT2D eigenvalue weighted by Crippen LogP contribution is -2.24. The summed E-state index contributed by atoms with van der Waals surface area (Å²) in [6, 6.07) is 10.6. The molecule has 1 aliphatic heterocycles. The Balaban J connectivity index is 1.76. The second-order valence-electron chi connectivity index (χ2n) is 6.02. The molecule has 0 atom stereocenters. The summed E-state index contributed by atoms with van der Waals surface area (Å²) in [6.07, 6.45) is 3.08. The van der Waals surface area contributed by atoms with Crippen LogP contribution in [0.1, 0.15) is 31.1 Å². The highest BCUT2D eigenvalue weighted by Crippen LogP contribution is 2.23. The van der Waals surface area contributed by atoms with E-state index in [-0.39, 0.29) is 28.2 Å². The van der Waals surface area contributed by atoms with Crippen LogP contribution in [0.5, 0.6) is 0 Å². The molecule has 3 amide bonds. The summed E-state index contributed by atoms with van der Waals surface area (Å²) in [6.45, 7) is 0. The normalized spacial score (nSPS) is 12.4. The molecule has 0 fully saturated rings. The Hall–Kier alpha value is -4.27. The molecule has 4 rings (SSSR count). The van der Waals surface area contributed by atoms with E-state index in [4.69, 9.17) is 5.73 Å². The summed E-state index contributed by atoms with van der Waals surface area (Å²) in [4.78, 5) is 52.6. The fourth-order valence-electron chi connectivity index (χ4n) is 2.97. The number of hydrogen-bond donors (Lipinski definition) is 3. The van der Waals surface area contributed by atoms with Crippen molar-refractivity contribution in [2.45, 2.75) is 0 Å². The molecule has 28 heavy (non-hydrogen) atoms. The molecule has 9 heteroatoms. The number of benzene rings is 1. The third-order valence-electron chi connectivity index (χ3n) is 4.24. The number of aromatic nitrogens is 2. The summed E-state index contributed by atoms with van der Waals surface area (Å²) in [7, 11) is 0. The number of amides is 3. The van der Waals surface area contributed by atoms with Crippen molar-refractivity contribution in [1.82, 2.24) is 14.9 Å². The van der Waals surface area contributed by atoms with Crippen LogP contribution >= 0.6 is 0 Å². The van der Waals surface area contributed by atoms with Crippen LogP contribution in [-0.2, 0) is 0 Å². The minimum absolute atomic E-state index is 0.0604. The van der Waals surface area contributed by atoms with E-state index in [2.05, 4.69) is 15.6 Å². The molecule has 9 nitrogen and oxygen atoms in total. The van der Waals surface area contributed by atoms with E-state index in [1.807, 2.05) is 0 Å². The first-order valence-corrected chi connectivity index (χ1v) is 8.19. The van der Waals surface area contributed by atoms with Gasteiger partial charge in [-0.1, -0.05) is 6.07 Å². The van der Waals surface area contributed by atoms with Gasteiger partial charge in [0.25, 0.3) is 23.3 Å². The van der Waals surface area contributed by atoms with Crippen molar-refractivity contribution in [2.24, 2.45) is 0 Å². The third-order valence-corrected chi connectivity index (χ3v) is 4.24. The molecule has 0 bridgehead atoms. The molecule has 0 spiro atoms. The number of pyridine rings is 2. The maximum absolute atomic E-state index is 12.5. The number of nitrogens with one attached hydrogen (secondary N) is 2. The predicted molar refractivity (Wildman–Crippen MR) is 100 cm³/mol. The summed E-state index contributed by atoms with van der Waals surface area (Å²) in [5, 5.41) is 4.80. The number of nitrogen functional groups attached to an aromatic ring is 1. The quantitative estimate of drug-likeness (QED) is 0.583. The lowest BCUT2D eigenvalue weighted by Gasteiger charge is -2.13. The average molecular weight is 375 g/mol. The average Bonchev–Trinajstić information content (AvgIpc) is 2.96. The second kappa shape index (κ2) is 6.47. The Morgan fingerprint density at radius 3 is 2.64 bits per heavy atom. The van der Waals surface area contributed by atoms with Crippen LogP contribution in [0.4, 0.5) is 11.5 Å². The zero-order chi connectivity index (χ0) is 19.8. The van der Waals surface area contributed by atoms with Crippen molar-refractivity contribution >= 4 is 29.2 Å². The van der Waals surface area contributed by atoms with Crippen LogP contribution in [-0.4, -0.2) is 27.3 Å². The van der Waals surface area contributed by atoms with Gasteiger partial charge in [0.2, 0.25) is 0 Å². The largest absolute Gasteiger partial charge is 0.384 e. The first-order chi connectivity index (χ1) is 13.5. The molecule has 3 heterocycles. The van der Waals surface area contributed by atoms with Gasteiger partial charge in [0, 0.05) is 17.8 Å². The van der Waals surface area contributed by atoms with E-state index in [0.29, 0.717) is 5.69 Å². The summed E-state index contributed by atoms with van der Waals surface area (Å²) in [5.74, 6) is -1.91. The molecular weight excluding hydrogens is 362 g/mol. The number of nitrogens with two attached hydrogens (primary N) is 1. The number of carbonyl (C=O) groups is 3. The van der Waals surface area contributed by atoms with Gasteiger partial charge < -0.3 is 11.1 Å². The molecule has 0 saturated carbocycles. The van der Waals surface area contributed by atoms with Crippen LogP contribution in [0.25, 0.3) is 5.69 Å². The molecule has 0 unspecified atom stereocenters. The van der Waals surface area contributed by atoms with Crippen LogP contribution in [0.2, 0.25) is 0 Å². The Kier molecular flexibility index (Phi) is 3.96. The third kappa shape index (κ3) is 2.80. The van der Waals surface area contributed by atoms with E-state index in [0.717, 1.165) is 10.6 Å². The van der Waals surface area contributed by atoms with E-state index in [1.54, 1.807) is 36.5 Å². The van der Waals surface area contributed by atoms with Gasteiger partial charge in [0.05, 0.1) is 28.7 Å². The number of nitrogens with zero attached hydrogens (tertiary/aromatic N) is 2. The van der Waals surface area contributed by atoms with Gasteiger partial charge in [0.15, 0.2) is 0 Å². The van der Waals surface area contributed by atoms with Gasteiger partial charge in [-0.2, -0.15) is 0 Å². The molecule has 2 aromatic heterocycles. The van der Waals surface area contributed by atoms with Gasteiger partial charge in [-0.15, -0.1) is 0 Å². The topological polar surface area (TPSA) is 136 Å². The first kappa shape index (κ1) is 17.2. The maximum atomic E-state index is 12.5. The monoisotopic (exact) mass is 375 g/mol. The minimum atomic E-state index is -0.670. The number of hydrogen-bond acceptors (Lipinski definition) is 6. The van der Waals surface area contributed by atoms with E-state index in [9.17, 15) is 19.2 Å². The van der Waals surface area contributed by atoms with Crippen LogP contribution < -0.4 is 21.9 Å². The lowest BCUT2D eigenvalue weighted by molar-refractivity contribution is 0.0879. The molecule has 0 radical (unpaired) electrons. The van der Waals surface area contributed by atoms with E-state index < -0.39 is 23.3 Å². The van der Waals surface area contributed by atoms with Crippen LogP contribution in [0, 0.1) is 0 Å². The van der Waals surface area contributed by atoms with Crippen LogP contribution in [0.15, 0.2) is 59.7 Å². The molecule has 0 aliphatic carbocycles. The van der Waals surface area contributed by atoms with Gasteiger partial charge >= 0.3 is 0 Å². The molecule has 138 valence electrons. The van der Waals surface area contributed by atoms with Gasteiger partial charge in [-0.05, 0) is 30.3 Å². The predicted octanol–water partition coefficient (Wildman–Crippen LogP) is 0.951. The maximum Gasteiger partial charge on any atom is 0.262 e. The van der Waals surface area contributed by atoms with Gasteiger partial charge in [-0.3, -0.25) is 34.0 Å². The number of fused-ring (bicyclic) bond motifs is 1. The smallest absolute Gasteiger partial charge is 0.262 e. The zero-order valence-corrected chi connectivity index (χ0v) is 14.3. The molecule has 0 saturated heterocycles. The van der Waals surface area contributed by atoms with Crippen molar-refractivity contribution in [3.63, 3.8) is 0 Å². The Labute approximate surface area is 157 Å². The molecule has 4 N–H and O–H groups in total. The standard InChI is InChI=1S/C19H13N5O4/c20-16-15-13(18(27)23-19(15)28)8-14(25)24(16)12-5-1-3-10(7-12)17(26)22-11-4-2-6-21-9-11/h1-9H,20H2,(H,22,26)(H,23,27,28). The summed E-state index contributed by atoms with van der Waals surface area (Å²) in [5.41, 5.74) is 6.37. The van der Waals surface area contributed by atoms with Crippen molar-refractivity contribution in [1.29, 1.82) is 0 Å². The van der Waals surface area contributed by atoms with Gasteiger partial charge in [0.1, 0.15) is 5.82 Å². The Morgan fingerprint density at radius 2 is 1.89 bits per heavy atom. The van der Waals surface area contributed by atoms with E-state index in [1.165, 1.54) is 12.3 Å². The molecule has 1 aromatic carbocycles. The number of carbonyl (C=O) groups excluding carboxylic acids is 3. The minimum Gasteiger partial charge on any atom is -0.384 e. The van der Waals surface area contributed by atoms with E-state index >= 15 is 0 Å². The fourth-order valence-corrected chi connectivity index (χ4v) is 2.97. The van der Waals surface area contributed by atoms with Gasteiger partial charge in [-0.25, -0.2) is 0 Å². The second-order valence-corrected chi connectivity index (χ2v) is 6.02. The number of rotatable bonds is 3. The Morgan fingerprint density at radius 1 is 1.07 bits per heavy atom. The molecular formula is C19H13N5O4. The number of anilines is 2. The summed E-state index contributed by atoms with van der Waals surface area (Å²) < 4.78 is 1.08. The fraction of sp³-hybridized carbons (Fsp3) is 0. The molecule has 1 aliphatic rings. The Bertz CT molecular complexity index is 1200. The highest BCUT2D eigenvalue weighted by molar-refractivity contribution is 6.23. The SMILES string of the molecule is Nc1c2c(cc(=O)n1-c1cccc(C(=O)Nc3cccnc3)c1)C(=O)NC2=O. The summed E-state index contributed by atoms with van der Waals surface area (Å²) >= 11 is 0.